The zero-order valence-electron chi connectivity index (χ0n) is 20.0. The van der Waals surface area contributed by atoms with Gasteiger partial charge in [0.05, 0.1) is 29.3 Å². The number of fused-ring (bicyclic) bond motifs is 1. The van der Waals surface area contributed by atoms with Gasteiger partial charge in [-0.15, -0.1) is 0 Å². The number of carbonyl (C=O) groups excluding carboxylic acids is 1. The Bertz CT molecular complexity index is 1400. The van der Waals surface area contributed by atoms with Crippen LogP contribution in [-0.2, 0) is 19.6 Å². The summed E-state index contributed by atoms with van der Waals surface area (Å²) < 4.78 is 40.5. The summed E-state index contributed by atoms with van der Waals surface area (Å²) in [5.41, 5.74) is 3.75. The molecule has 0 saturated carbocycles. The minimum Gasteiger partial charge on any atom is -0.337 e. The average molecular weight is 520 g/mol. The number of nitrogens with one attached hydrogen (secondary N) is 1. The summed E-state index contributed by atoms with van der Waals surface area (Å²) in [4.78, 5) is 24.1. The first-order valence-electron chi connectivity index (χ1n) is 11.3. The summed E-state index contributed by atoms with van der Waals surface area (Å²) in [5, 5.41) is 6.89. The molecule has 0 fully saturated rings. The number of aromatic nitrogens is 5. The molecule has 36 heavy (non-hydrogen) atoms. The highest BCUT2D eigenvalue weighted by molar-refractivity contribution is 6.31. The molecule has 1 N–H and O–H groups in total. The molecule has 8 nitrogen and oxygen atoms in total. The van der Waals surface area contributed by atoms with E-state index in [1.165, 1.54) is 16.2 Å². The Labute approximate surface area is 210 Å². The first kappa shape index (κ1) is 25.6. The minimum atomic E-state index is -4.44. The Morgan fingerprint density at radius 1 is 1.22 bits per heavy atom. The van der Waals surface area contributed by atoms with E-state index in [2.05, 4.69) is 15.1 Å². The predicted molar refractivity (Wildman–Crippen MR) is 130 cm³/mol. The van der Waals surface area contributed by atoms with Crippen molar-refractivity contribution < 1.29 is 18.0 Å². The molecule has 0 bridgehead atoms. The number of aryl methyl sites for hydroxylation is 1. The molecule has 0 unspecified atom stereocenters. The van der Waals surface area contributed by atoms with Gasteiger partial charge in [-0.2, -0.15) is 18.3 Å². The van der Waals surface area contributed by atoms with E-state index in [1.807, 2.05) is 18.5 Å². The van der Waals surface area contributed by atoms with E-state index >= 15 is 0 Å². The number of rotatable bonds is 8. The summed E-state index contributed by atoms with van der Waals surface area (Å²) in [7, 11) is 1.71. The second kappa shape index (κ2) is 10.3. The van der Waals surface area contributed by atoms with Gasteiger partial charge in [0.1, 0.15) is 5.69 Å². The number of pyridine rings is 1. The molecular formula is C24H25ClF3N7O. The van der Waals surface area contributed by atoms with Crippen molar-refractivity contribution in [3.63, 3.8) is 0 Å². The van der Waals surface area contributed by atoms with Gasteiger partial charge in [0.25, 0.3) is 5.91 Å². The van der Waals surface area contributed by atoms with Crippen LogP contribution in [0, 0.1) is 6.92 Å². The van der Waals surface area contributed by atoms with Crippen molar-refractivity contribution in [3.8, 4) is 11.4 Å². The fourth-order valence-electron chi connectivity index (χ4n) is 3.94. The van der Waals surface area contributed by atoms with Gasteiger partial charge in [0.2, 0.25) is 0 Å². The lowest BCUT2D eigenvalue weighted by molar-refractivity contribution is -0.156. The first-order chi connectivity index (χ1) is 17.1. The number of halogens is 4. The molecule has 0 radical (unpaired) electrons. The second-order valence-corrected chi connectivity index (χ2v) is 8.81. The van der Waals surface area contributed by atoms with E-state index in [0.29, 0.717) is 39.4 Å². The molecule has 4 aromatic rings. The lowest BCUT2D eigenvalue weighted by Gasteiger charge is -2.19. The van der Waals surface area contributed by atoms with Crippen LogP contribution < -0.4 is 5.32 Å². The van der Waals surface area contributed by atoms with Crippen molar-refractivity contribution >= 4 is 28.4 Å². The summed E-state index contributed by atoms with van der Waals surface area (Å²) >= 11 is 6.22. The molecular weight excluding hydrogens is 495 g/mol. The number of amides is 1. The Hall–Kier alpha value is -3.44. The minimum absolute atomic E-state index is 0.0645. The van der Waals surface area contributed by atoms with E-state index in [9.17, 15) is 18.0 Å². The fraction of sp³-hybridized carbons (Fsp3) is 0.333. The summed E-state index contributed by atoms with van der Waals surface area (Å²) in [6.07, 6.45) is 0.348. The molecule has 3 aromatic heterocycles. The maximum Gasteiger partial charge on any atom is 0.457 e. The lowest BCUT2D eigenvalue weighted by atomic mass is 10.0. The highest BCUT2D eigenvalue weighted by Gasteiger charge is 2.25. The molecule has 0 spiro atoms. The van der Waals surface area contributed by atoms with Gasteiger partial charge in [-0.25, -0.2) is 15.3 Å². The molecule has 0 aliphatic heterocycles. The van der Waals surface area contributed by atoms with Crippen LogP contribution in [0.4, 0.5) is 13.2 Å². The van der Waals surface area contributed by atoms with Crippen molar-refractivity contribution in [1.29, 1.82) is 0 Å². The molecule has 0 atom stereocenters. The SMILES string of the molecule is CCn1ncc(CN(C)C(=O)c2cc(-c3cn(CCNC(F)(F)F)cn3)nc3ccc(Cl)cc23)c1C. The Morgan fingerprint density at radius 3 is 2.69 bits per heavy atom. The van der Waals surface area contributed by atoms with Crippen molar-refractivity contribution in [2.24, 2.45) is 0 Å². The zero-order chi connectivity index (χ0) is 26.0. The smallest absolute Gasteiger partial charge is 0.337 e. The van der Waals surface area contributed by atoms with Crippen LogP contribution in [0.15, 0.2) is 43.0 Å². The highest BCUT2D eigenvalue weighted by Crippen LogP contribution is 2.28. The summed E-state index contributed by atoms with van der Waals surface area (Å²) in [5.74, 6) is -0.233. The molecule has 1 aromatic carbocycles. The first-order valence-corrected chi connectivity index (χ1v) is 11.6. The van der Waals surface area contributed by atoms with E-state index in [-0.39, 0.29) is 19.0 Å². The third kappa shape index (κ3) is 5.68. The monoisotopic (exact) mass is 519 g/mol. The normalized spacial score (nSPS) is 11.9. The van der Waals surface area contributed by atoms with E-state index in [0.717, 1.165) is 17.8 Å². The van der Waals surface area contributed by atoms with Crippen molar-refractivity contribution in [2.75, 3.05) is 13.6 Å². The van der Waals surface area contributed by atoms with Gasteiger partial charge in [0.15, 0.2) is 0 Å². The van der Waals surface area contributed by atoms with Gasteiger partial charge >= 0.3 is 6.30 Å². The number of benzene rings is 1. The quantitative estimate of drug-likeness (QED) is 0.342. The molecule has 1 amide bonds. The predicted octanol–water partition coefficient (Wildman–Crippen LogP) is 4.66. The van der Waals surface area contributed by atoms with Gasteiger partial charge in [-0.3, -0.25) is 9.48 Å². The standard InChI is InChI=1S/C24H25ClF3N7O/c1-4-35-15(2)16(11-31-35)12-33(3)23(36)19-10-21(32-20-6-5-17(25)9-18(19)20)22-13-34(14-29-22)8-7-30-24(26,27)28/h5-6,9-11,13-14,30H,4,7-8,12H2,1-3H3. The number of alkyl halides is 3. The third-order valence-corrected chi connectivity index (χ3v) is 6.09. The molecule has 12 heteroatoms. The van der Waals surface area contributed by atoms with Gasteiger partial charge < -0.3 is 9.47 Å². The number of hydrogen-bond donors (Lipinski definition) is 1. The Balaban J connectivity index is 1.64. The average Bonchev–Trinajstić information content (AvgIpc) is 3.43. The largest absolute Gasteiger partial charge is 0.457 e. The van der Waals surface area contributed by atoms with E-state index < -0.39 is 6.30 Å². The van der Waals surface area contributed by atoms with Crippen LogP contribution in [-0.4, -0.2) is 55.0 Å². The lowest BCUT2D eigenvalue weighted by Crippen LogP contribution is -2.33. The Morgan fingerprint density at radius 2 is 2.00 bits per heavy atom. The third-order valence-electron chi connectivity index (χ3n) is 5.85. The topological polar surface area (TPSA) is 80.9 Å². The highest BCUT2D eigenvalue weighted by atomic mass is 35.5. The molecule has 3 heterocycles. The van der Waals surface area contributed by atoms with Crippen molar-refractivity contribution in [2.45, 2.75) is 39.8 Å². The molecule has 0 saturated heterocycles. The van der Waals surface area contributed by atoms with Crippen molar-refractivity contribution in [1.82, 2.24) is 34.5 Å². The van der Waals surface area contributed by atoms with Crippen LogP contribution in [0.1, 0.15) is 28.5 Å². The molecule has 0 aliphatic carbocycles. The van der Waals surface area contributed by atoms with Crippen molar-refractivity contribution in [3.05, 3.63) is 64.8 Å². The summed E-state index contributed by atoms with van der Waals surface area (Å²) in [6, 6.07) is 6.73. The van der Waals surface area contributed by atoms with Gasteiger partial charge in [-0.1, -0.05) is 11.6 Å². The maximum absolute atomic E-state index is 13.6. The number of nitrogens with zero attached hydrogens (tertiary/aromatic N) is 6. The molecule has 0 aliphatic rings. The molecule has 190 valence electrons. The van der Waals surface area contributed by atoms with Gasteiger partial charge in [0, 0.05) is 61.1 Å². The zero-order valence-corrected chi connectivity index (χ0v) is 20.7. The summed E-state index contributed by atoms with van der Waals surface area (Å²) in [6.45, 7) is 4.83. The van der Waals surface area contributed by atoms with Crippen LogP contribution >= 0.6 is 11.6 Å². The van der Waals surface area contributed by atoms with Crippen LogP contribution in [0.5, 0.6) is 0 Å². The van der Waals surface area contributed by atoms with Gasteiger partial charge in [-0.05, 0) is 38.1 Å². The van der Waals surface area contributed by atoms with Crippen LogP contribution in [0.25, 0.3) is 22.3 Å². The second-order valence-electron chi connectivity index (χ2n) is 8.37. The maximum atomic E-state index is 13.6. The number of hydrogen-bond acceptors (Lipinski definition) is 5. The van der Waals surface area contributed by atoms with E-state index in [1.54, 1.807) is 48.6 Å². The number of carbonyl (C=O) groups is 1. The fourth-order valence-corrected chi connectivity index (χ4v) is 4.11. The van der Waals surface area contributed by atoms with Crippen LogP contribution in [0.2, 0.25) is 5.02 Å². The molecule has 4 rings (SSSR count). The van der Waals surface area contributed by atoms with Crippen LogP contribution in [0.3, 0.4) is 0 Å². The van der Waals surface area contributed by atoms with E-state index in [4.69, 9.17) is 11.6 Å². The Kier molecular flexibility index (Phi) is 7.32. The number of imidazole rings is 1.